The first-order valence-electron chi connectivity index (χ1n) is 14.4. The van der Waals surface area contributed by atoms with Gasteiger partial charge in [0.05, 0.1) is 17.2 Å². The Labute approximate surface area is 264 Å². The summed E-state index contributed by atoms with van der Waals surface area (Å²) in [6.07, 6.45) is 5.02. The van der Waals surface area contributed by atoms with Crippen LogP contribution in [0.3, 0.4) is 0 Å². The number of ether oxygens (including phenoxy) is 1. The third-order valence-corrected chi connectivity index (χ3v) is 9.78. The van der Waals surface area contributed by atoms with Gasteiger partial charge in [0.1, 0.15) is 18.3 Å². The average Bonchev–Trinajstić information content (AvgIpc) is 3.00. The van der Waals surface area contributed by atoms with Crippen molar-refractivity contribution in [3.8, 4) is 5.75 Å². The van der Waals surface area contributed by atoms with Crippen LogP contribution in [0, 0.1) is 0 Å². The maximum absolute atomic E-state index is 14.2. The first kappa shape index (κ1) is 32.6. The van der Waals surface area contributed by atoms with E-state index in [4.69, 9.17) is 27.9 Å². The summed E-state index contributed by atoms with van der Waals surface area (Å²) in [5, 5.41) is 4.02. The van der Waals surface area contributed by atoms with E-state index in [-0.39, 0.29) is 29.1 Å². The van der Waals surface area contributed by atoms with Crippen molar-refractivity contribution in [2.45, 2.75) is 69.5 Å². The summed E-state index contributed by atoms with van der Waals surface area (Å²) >= 11 is 12.1. The Bertz CT molecular complexity index is 1490. The number of carbonyl (C=O) groups excluding carboxylic acids is 2. The lowest BCUT2D eigenvalue weighted by Crippen LogP contribution is -2.53. The summed E-state index contributed by atoms with van der Waals surface area (Å²) < 4.78 is 35.0. The normalized spacial score (nSPS) is 14.5. The molecule has 0 radical (unpaired) electrons. The minimum atomic E-state index is -4.26. The molecule has 0 heterocycles. The molecule has 0 unspecified atom stereocenters. The highest BCUT2D eigenvalue weighted by molar-refractivity contribution is 7.92. The molecule has 1 fully saturated rings. The molecule has 0 spiro atoms. The fourth-order valence-electron chi connectivity index (χ4n) is 5.13. The molecule has 0 saturated heterocycles. The van der Waals surface area contributed by atoms with Crippen LogP contribution in [0.25, 0.3) is 0 Å². The lowest BCUT2D eigenvalue weighted by Gasteiger charge is -2.33. The number of halogens is 2. The molecule has 4 rings (SSSR count). The molecular weight excluding hydrogens is 609 g/mol. The van der Waals surface area contributed by atoms with E-state index in [2.05, 4.69) is 5.32 Å². The topological polar surface area (TPSA) is 96.0 Å². The Morgan fingerprint density at radius 2 is 1.53 bits per heavy atom. The van der Waals surface area contributed by atoms with Crippen LogP contribution in [0.4, 0.5) is 5.69 Å². The van der Waals surface area contributed by atoms with Crippen LogP contribution in [0.2, 0.25) is 10.0 Å². The highest BCUT2D eigenvalue weighted by atomic mass is 35.5. The van der Waals surface area contributed by atoms with Gasteiger partial charge in [-0.25, -0.2) is 8.42 Å². The SMILES string of the molecule is CCOc1ccccc1N(CC(=O)N(Cc1ccc(Cl)cc1)[C@@H](C)C(=O)NC1CCCCC1)S(=O)(=O)c1ccc(Cl)cc1. The van der Waals surface area contributed by atoms with Crippen molar-refractivity contribution in [2.24, 2.45) is 0 Å². The number of nitrogens with zero attached hydrogens (tertiary/aromatic N) is 2. The van der Waals surface area contributed by atoms with Gasteiger partial charge in [0, 0.05) is 22.6 Å². The fourth-order valence-corrected chi connectivity index (χ4v) is 6.80. The molecule has 8 nitrogen and oxygen atoms in total. The fraction of sp³-hybridized carbons (Fsp3) is 0.375. The number of anilines is 1. The number of benzene rings is 3. The summed E-state index contributed by atoms with van der Waals surface area (Å²) in [6, 6.07) is 18.6. The zero-order valence-electron chi connectivity index (χ0n) is 24.3. The molecule has 1 aliphatic rings. The monoisotopic (exact) mass is 645 g/mol. The molecule has 3 aromatic rings. The summed E-state index contributed by atoms with van der Waals surface area (Å²) in [6.45, 7) is 3.26. The Morgan fingerprint density at radius 1 is 0.930 bits per heavy atom. The number of hydrogen-bond donors (Lipinski definition) is 1. The van der Waals surface area contributed by atoms with Crippen molar-refractivity contribution < 1.29 is 22.7 Å². The lowest BCUT2D eigenvalue weighted by atomic mass is 9.95. The standard InChI is InChI=1S/C32H37Cl2N3O5S/c1-3-42-30-12-8-7-11-29(30)37(43(40,41)28-19-17-26(34)18-20-28)22-31(38)36(21-24-13-15-25(33)16-14-24)23(2)32(39)35-27-9-5-4-6-10-27/h7-8,11-20,23,27H,3-6,9-10,21-22H2,1-2H3,(H,35,39)/t23-/m0/s1. The Hall–Kier alpha value is -3.27. The molecule has 0 aromatic heterocycles. The lowest BCUT2D eigenvalue weighted by molar-refractivity contribution is -0.139. The molecule has 230 valence electrons. The van der Waals surface area contributed by atoms with Gasteiger partial charge in [-0.2, -0.15) is 0 Å². The van der Waals surface area contributed by atoms with Crippen LogP contribution in [0.15, 0.2) is 77.7 Å². The van der Waals surface area contributed by atoms with Crippen LogP contribution in [0.1, 0.15) is 51.5 Å². The predicted molar refractivity (Wildman–Crippen MR) is 170 cm³/mol. The van der Waals surface area contributed by atoms with Gasteiger partial charge in [0.25, 0.3) is 10.0 Å². The quantitative estimate of drug-likeness (QED) is 0.244. The largest absolute Gasteiger partial charge is 0.492 e. The zero-order chi connectivity index (χ0) is 31.0. The molecule has 0 aliphatic heterocycles. The van der Waals surface area contributed by atoms with Gasteiger partial charge < -0.3 is 15.0 Å². The van der Waals surface area contributed by atoms with Gasteiger partial charge >= 0.3 is 0 Å². The van der Waals surface area contributed by atoms with Crippen molar-refractivity contribution in [1.29, 1.82) is 0 Å². The van der Waals surface area contributed by atoms with Crippen LogP contribution in [-0.2, 0) is 26.2 Å². The maximum Gasteiger partial charge on any atom is 0.264 e. The van der Waals surface area contributed by atoms with Gasteiger partial charge in [-0.15, -0.1) is 0 Å². The van der Waals surface area contributed by atoms with Crippen LogP contribution in [-0.4, -0.2) is 50.4 Å². The minimum Gasteiger partial charge on any atom is -0.492 e. The Balaban J connectivity index is 1.71. The van der Waals surface area contributed by atoms with Crippen molar-refractivity contribution in [2.75, 3.05) is 17.5 Å². The van der Waals surface area contributed by atoms with E-state index in [0.29, 0.717) is 22.4 Å². The number of sulfonamides is 1. The van der Waals surface area contributed by atoms with E-state index in [1.807, 2.05) is 0 Å². The summed E-state index contributed by atoms with van der Waals surface area (Å²) in [7, 11) is -4.26. The van der Waals surface area contributed by atoms with E-state index in [1.165, 1.54) is 29.2 Å². The van der Waals surface area contributed by atoms with Crippen molar-refractivity contribution in [1.82, 2.24) is 10.2 Å². The molecule has 11 heteroatoms. The summed E-state index contributed by atoms with van der Waals surface area (Å²) in [5.74, 6) is -0.524. The number of carbonyl (C=O) groups is 2. The first-order chi connectivity index (χ1) is 20.6. The Kier molecular flexibility index (Phi) is 11.3. The number of hydrogen-bond acceptors (Lipinski definition) is 5. The molecule has 1 aliphatic carbocycles. The Morgan fingerprint density at radius 3 is 2.16 bits per heavy atom. The second kappa shape index (κ2) is 14.9. The van der Waals surface area contributed by atoms with Gasteiger partial charge in [0.15, 0.2) is 0 Å². The number of nitrogens with one attached hydrogen (secondary N) is 1. The van der Waals surface area contributed by atoms with Gasteiger partial charge in [0.2, 0.25) is 11.8 Å². The summed E-state index contributed by atoms with van der Waals surface area (Å²) in [4.78, 5) is 29.0. The third kappa shape index (κ3) is 8.43. The van der Waals surface area contributed by atoms with Gasteiger partial charge in [-0.1, -0.05) is 66.7 Å². The van der Waals surface area contributed by atoms with E-state index in [0.717, 1.165) is 42.0 Å². The molecular formula is C32H37Cl2N3O5S. The molecule has 2 amide bonds. The number of para-hydroxylation sites is 2. The third-order valence-electron chi connectivity index (χ3n) is 7.50. The second-order valence-corrected chi connectivity index (χ2v) is 13.3. The number of amides is 2. The molecule has 0 bridgehead atoms. The highest BCUT2D eigenvalue weighted by Crippen LogP contribution is 2.33. The average molecular weight is 647 g/mol. The van der Waals surface area contributed by atoms with E-state index in [1.54, 1.807) is 62.4 Å². The van der Waals surface area contributed by atoms with Crippen molar-refractivity contribution in [3.63, 3.8) is 0 Å². The van der Waals surface area contributed by atoms with E-state index in [9.17, 15) is 18.0 Å². The molecule has 3 aromatic carbocycles. The summed E-state index contributed by atoms with van der Waals surface area (Å²) in [5.41, 5.74) is 0.954. The van der Waals surface area contributed by atoms with Crippen molar-refractivity contribution in [3.05, 3.63) is 88.4 Å². The first-order valence-corrected chi connectivity index (χ1v) is 16.6. The van der Waals surface area contributed by atoms with E-state index >= 15 is 0 Å². The smallest absolute Gasteiger partial charge is 0.264 e. The van der Waals surface area contributed by atoms with Gasteiger partial charge in [-0.05, 0) is 80.8 Å². The highest BCUT2D eigenvalue weighted by Gasteiger charge is 2.34. The van der Waals surface area contributed by atoms with Crippen molar-refractivity contribution >= 4 is 50.7 Å². The predicted octanol–water partition coefficient (Wildman–Crippen LogP) is 6.45. The molecule has 1 N–H and O–H groups in total. The zero-order valence-corrected chi connectivity index (χ0v) is 26.7. The molecule has 1 atom stereocenters. The van der Waals surface area contributed by atoms with Crippen LogP contribution < -0.4 is 14.4 Å². The minimum absolute atomic E-state index is 0.0386. The second-order valence-electron chi connectivity index (χ2n) is 10.5. The molecule has 1 saturated carbocycles. The van der Waals surface area contributed by atoms with E-state index < -0.39 is 28.5 Å². The number of rotatable bonds is 12. The van der Waals surface area contributed by atoms with Gasteiger partial charge in [-0.3, -0.25) is 13.9 Å². The molecule has 43 heavy (non-hydrogen) atoms. The van der Waals surface area contributed by atoms with Crippen LogP contribution in [0.5, 0.6) is 5.75 Å². The maximum atomic E-state index is 14.2. The van der Waals surface area contributed by atoms with Crippen LogP contribution >= 0.6 is 23.2 Å².